The molecule has 0 spiro atoms. The number of hydrogen-bond donors (Lipinski definition) is 2. The maximum atomic E-state index is 10.3. The van der Waals surface area contributed by atoms with Crippen LogP contribution in [0.2, 0.25) is 0 Å². The molecule has 0 saturated carbocycles. The first kappa shape index (κ1) is 26.1. The third-order valence-corrected chi connectivity index (χ3v) is 4.62. The van der Waals surface area contributed by atoms with Crippen LogP contribution in [0.25, 0.3) is 0 Å². The molecule has 0 atom stereocenters. The molecule has 0 bridgehead atoms. The predicted octanol–water partition coefficient (Wildman–Crippen LogP) is 6.09. The highest BCUT2D eigenvalue weighted by Gasteiger charge is 2.02. The molecule has 4 N–H and O–H groups in total. The molecule has 0 aliphatic carbocycles. The summed E-state index contributed by atoms with van der Waals surface area (Å²) in [7, 11) is -4.25. The Kier molecular flexibility index (Phi) is 19.2. The second-order valence-corrected chi connectivity index (χ2v) is 8.12. The van der Waals surface area contributed by atoms with Gasteiger partial charge in [0.1, 0.15) is 0 Å². The number of hydrogen-bond acceptors (Lipinski definition) is 4. The van der Waals surface area contributed by atoms with E-state index in [4.69, 9.17) is 4.55 Å². The van der Waals surface area contributed by atoms with Crippen molar-refractivity contribution in [2.45, 2.75) is 104 Å². The van der Waals surface area contributed by atoms with Gasteiger partial charge in [0.25, 0.3) is 0 Å². The SMILES string of the molecule is CC(C)CCCCCCCCCCCCCCCOS(=O)(=O)O.N. The second-order valence-electron chi connectivity index (χ2n) is 7.03. The molecule has 0 rings (SSSR count). The van der Waals surface area contributed by atoms with Gasteiger partial charge in [-0.05, 0) is 12.3 Å². The van der Waals surface area contributed by atoms with Crippen LogP contribution >= 0.6 is 0 Å². The maximum Gasteiger partial charge on any atom is 0.397 e. The van der Waals surface area contributed by atoms with E-state index >= 15 is 0 Å². The van der Waals surface area contributed by atoms with Gasteiger partial charge in [-0.25, -0.2) is 4.18 Å². The van der Waals surface area contributed by atoms with Crippen LogP contribution in [0.3, 0.4) is 0 Å². The van der Waals surface area contributed by atoms with Crippen LogP contribution in [0.15, 0.2) is 0 Å². The molecule has 0 aromatic rings. The molecule has 0 aromatic heterocycles. The molecular formula is C18H41NO4S. The average Bonchev–Trinajstić information content (AvgIpc) is 2.45. The zero-order valence-corrected chi connectivity index (χ0v) is 16.8. The van der Waals surface area contributed by atoms with Gasteiger partial charge in [-0.3, -0.25) is 4.55 Å². The summed E-state index contributed by atoms with van der Waals surface area (Å²) in [6.45, 7) is 4.69. The lowest BCUT2D eigenvalue weighted by Gasteiger charge is -2.05. The van der Waals surface area contributed by atoms with Crippen LogP contribution in [0.4, 0.5) is 0 Å². The molecule has 24 heavy (non-hydrogen) atoms. The van der Waals surface area contributed by atoms with Crippen molar-refractivity contribution in [3.05, 3.63) is 0 Å². The lowest BCUT2D eigenvalue weighted by molar-refractivity contribution is 0.261. The van der Waals surface area contributed by atoms with Gasteiger partial charge in [0.2, 0.25) is 0 Å². The van der Waals surface area contributed by atoms with E-state index in [0.717, 1.165) is 18.8 Å². The highest BCUT2D eigenvalue weighted by molar-refractivity contribution is 7.80. The fourth-order valence-corrected chi connectivity index (χ4v) is 3.09. The Labute approximate surface area is 150 Å². The standard InChI is InChI=1S/C18H38O4S.H3N/c1-18(2)16-14-12-10-8-6-4-3-5-7-9-11-13-15-17-22-23(19,20)21;/h18H,3-17H2,1-2H3,(H,19,20,21);1H3. The lowest BCUT2D eigenvalue weighted by Crippen LogP contribution is -2.04. The molecule has 6 heteroatoms. The summed E-state index contributed by atoms with van der Waals surface area (Å²) in [5.74, 6) is 0.852. The summed E-state index contributed by atoms with van der Waals surface area (Å²) in [4.78, 5) is 0. The molecule has 0 amide bonds. The van der Waals surface area contributed by atoms with Crippen molar-refractivity contribution in [1.29, 1.82) is 0 Å². The lowest BCUT2D eigenvalue weighted by atomic mass is 10.0. The first-order valence-corrected chi connectivity index (χ1v) is 10.9. The Morgan fingerprint density at radius 3 is 1.38 bits per heavy atom. The van der Waals surface area contributed by atoms with Gasteiger partial charge in [0, 0.05) is 0 Å². The van der Waals surface area contributed by atoms with Gasteiger partial charge in [-0.2, -0.15) is 8.42 Å². The van der Waals surface area contributed by atoms with Gasteiger partial charge in [0.15, 0.2) is 0 Å². The minimum absolute atomic E-state index is 0. The molecule has 0 radical (unpaired) electrons. The molecule has 0 aliphatic rings. The fraction of sp³-hybridized carbons (Fsp3) is 1.00. The Morgan fingerprint density at radius 2 is 1.04 bits per heavy atom. The highest BCUT2D eigenvalue weighted by Crippen LogP contribution is 2.14. The fourth-order valence-electron chi connectivity index (χ4n) is 2.76. The first-order chi connectivity index (χ1) is 10.9. The Morgan fingerprint density at radius 1 is 0.708 bits per heavy atom. The molecule has 0 unspecified atom stereocenters. The summed E-state index contributed by atoms with van der Waals surface area (Å²) in [5, 5.41) is 0. The van der Waals surface area contributed by atoms with Crippen LogP contribution < -0.4 is 6.15 Å². The third-order valence-electron chi connectivity index (χ3n) is 4.16. The van der Waals surface area contributed by atoms with Gasteiger partial charge in [-0.1, -0.05) is 97.3 Å². The van der Waals surface area contributed by atoms with Crippen molar-refractivity contribution >= 4 is 10.4 Å². The van der Waals surface area contributed by atoms with E-state index in [1.807, 2.05) is 0 Å². The van der Waals surface area contributed by atoms with E-state index in [1.165, 1.54) is 70.6 Å². The first-order valence-electron chi connectivity index (χ1n) is 9.53. The topological polar surface area (TPSA) is 98.6 Å². The van der Waals surface area contributed by atoms with Gasteiger partial charge in [0.05, 0.1) is 6.61 Å². The van der Waals surface area contributed by atoms with Crippen LogP contribution in [-0.4, -0.2) is 19.6 Å². The van der Waals surface area contributed by atoms with Crippen molar-refractivity contribution < 1.29 is 17.2 Å². The van der Waals surface area contributed by atoms with Gasteiger partial charge < -0.3 is 6.15 Å². The normalized spacial score (nSPS) is 11.7. The van der Waals surface area contributed by atoms with Crippen LogP contribution in [0, 0.1) is 5.92 Å². The second kappa shape index (κ2) is 17.6. The van der Waals surface area contributed by atoms with Crippen molar-refractivity contribution in [1.82, 2.24) is 6.15 Å². The van der Waals surface area contributed by atoms with Gasteiger partial charge in [-0.15, -0.1) is 0 Å². The summed E-state index contributed by atoms with van der Waals surface area (Å²) < 4.78 is 33.3. The van der Waals surface area contributed by atoms with Crippen molar-refractivity contribution in [2.24, 2.45) is 5.92 Å². The Bertz CT molecular complexity index is 345. The summed E-state index contributed by atoms with van der Waals surface area (Å²) in [5.41, 5.74) is 0. The number of unbranched alkanes of at least 4 members (excludes halogenated alkanes) is 12. The summed E-state index contributed by atoms with van der Waals surface area (Å²) in [6, 6.07) is 0. The van der Waals surface area contributed by atoms with E-state index in [1.54, 1.807) is 0 Å². The van der Waals surface area contributed by atoms with Crippen LogP contribution in [-0.2, 0) is 14.6 Å². The van der Waals surface area contributed by atoms with Crippen molar-refractivity contribution in [2.75, 3.05) is 6.61 Å². The molecular weight excluding hydrogens is 326 g/mol. The largest absolute Gasteiger partial charge is 0.397 e. The monoisotopic (exact) mass is 367 g/mol. The third kappa shape index (κ3) is 24.1. The minimum atomic E-state index is -4.25. The van der Waals surface area contributed by atoms with Crippen LogP contribution in [0.1, 0.15) is 104 Å². The molecule has 0 aromatic carbocycles. The minimum Gasteiger partial charge on any atom is -0.344 e. The Hall–Kier alpha value is -0.170. The quantitative estimate of drug-likeness (QED) is 0.239. The number of rotatable bonds is 17. The molecule has 0 fully saturated rings. The average molecular weight is 368 g/mol. The Balaban J connectivity index is 0. The smallest absolute Gasteiger partial charge is 0.344 e. The van der Waals surface area contributed by atoms with Crippen molar-refractivity contribution in [3.8, 4) is 0 Å². The van der Waals surface area contributed by atoms with Crippen LogP contribution in [0.5, 0.6) is 0 Å². The van der Waals surface area contributed by atoms with Gasteiger partial charge >= 0.3 is 10.4 Å². The molecule has 148 valence electrons. The summed E-state index contributed by atoms with van der Waals surface area (Å²) in [6.07, 6.45) is 17.6. The molecule has 0 saturated heterocycles. The molecule has 0 aliphatic heterocycles. The van der Waals surface area contributed by atoms with E-state index in [0.29, 0.717) is 6.42 Å². The highest BCUT2D eigenvalue weighted by atomic mass is 32.3. The zero-order chi connectivity index (χ0) is 17.4. The van der Waals surface area contributed by atoms with E-state index in [2.05, 4.69) is 18.0 Å². The maximum absolute atomic E-state index is 10.3. The molecule has 0 heterocycles. The predicted molar refractivity (Wildman–Crippen MR) is 102 cm³/mol. The van der Waals surface area contributed by atoms with E-state index in [-0.39, 0.29) is 12.8 Å². The summed E-state index contributed by atoms with van der Waals surface area (Å²) >= 11 is 0. The van der Waals surface area contributed by atoms with Crippen molar-refractivity contribution in [3.63, 3.8) is 0 Å². The zero-order valence-electron chi connectivity index (χ0n) is 16.0. The van der Waals surface area contributed by atoms with E-state index in [9.17, 15) is 8.42 Å². The molecule has 5 nitrogen and oxygen atoms in total. The van der Waals surface area contributed by atoms with E-state index < -0.39 is 10.4 Å².